The fourth-order valence-corrected chi connectivity index (χ4v) is 2.39. The Balaban J connectivity index is 2.26. The molecule has 7 heteroatoms. The van der Waals surface area contributed by atoms with Gasteiger partial charge in [-0.2, -0.15) is 0 Å². The number of phenolic OH excluding ortho intramolecular Hbond substituents is 1. The zero-order valence-corrected chi connectivity index (χ0v) is 14.1. The van der Waals surface area contributed by atoms with Gasteiger partial charge in [0.05, 0.1) is 11.6 Å². The molecule has 0 fully saturated rings. The second-order valence-electron chi connectivity index (χ2n) is 4.62. The molecule has 0 aliphatic carbocycles. The highest BCUT2D eigenvalue weighted by Gasteiger charge is 2.14. The van der Waals surface area contributed by atoms with Crippen molar-refractivity contribution < 1.29 is 19.4 Å². The minimum atomic E-state index is -0.391. The monoisotopic (exact) mass is 378 g/mol. The predicted octanol–water partition coefficient (Wildman–Crippen LogP) is 2.78. The molecule has 3 N–H and O–H groups in total. The summed E-state index contributed by atoms with van der Waals surface area (Å²) in [6.07, 6.45) is 0. The van der Waals surface area contributed by atoms with E-state index in [4.69, 9.17) is 4.74 Å². The lowest BCUT2D eigenvalue weighted by atomic mass is 10.1. The van der Waals surface area contributed by atoms with Crippen molar-refractivity contribution in [1.82, 2.24) is 5.32 Å². The number of hydrogen-bond donors (Lipinski definition) is 3. The van der Waals surface area contributed by atoms with Gasteiger partial charge in [-0.1, -0.05) is 6.07 Å². The largest absolute Gasteiger partial charge is 0.503 e. The molecule has 0 unspecified atom stereocenters. The molecular formula is C16H15BrN2O4. The van der Waals surface area contributed by atoms with Crippen molar-refractivity contribution in [3.8, 4) is 11.5 Å². The first-order chi connectivity index (χ1) is 11.0. The van der Waals surface area contributed by atoms with E-state index in [0.29, 0.717) is 21.3 Å². The average Bonchev–Trinajstić information content (AvgIpc) is 2.56. The van der Waals surface area contributed by atoms with E-state index >= 15 is 0 Å². The van der Waals surface area contributed by atoms with E-state index in [-0.39, 0.29) is 17.4 Å². The SMILES string of the molecule is CNC(=O)c1cccc(NC(=O)c2cc(Br)c(O)c(OC)c2)c1. The number of carbonyl (C=O) groups is 2. The maximum Gasteiger partial charge on any atom is 0.255 e. The van der Waals surface area contributed by atoms with Crippen LogP contribution in [0.4, 0.5) is 5.69 Å². The summed E-state index contributed by atoms with van der Waals surface area (Å²) < 4.78 is 5.37. The number of carbonyl (C=O) groups excluding carboxylic acids is 2. The molecule has 2 rings (SSSR count). The van der Waals surface area contributed by atoms with Crippen LogP contribution in [0.5, 0.6) is 11.5 Å². The first kappa shape index (κ1) is 16.8. The van der Waals surface area contributed by atoms with Crippen LogP contribution in [0.2, 0.25) is 0 Å². The molecule has 120 valence electrons. The number of aromatic hydroxyl groups is 1. The molecule has 0 aromatic heterocycles. The third-order valence-corrected chi connectivity index (χ3v) is 3.72. The standard InChI is InChI=1S/C16H15BrN2O4/c1-18-15(21)9-4-3-5-11(6-9)19-16(22)10-7-12(17)14(20)13(8-10)23-2/h3-8,20H,1-2H3,(H,18,21)(H,19,22). The van der Waals surface area contributed by atoms with Crippen LogP contribution in [0.1, 0.15) is 20.7 Å². The molecule has 0 saturated carbocycles. The maximum absolute atomic E-state index is 12.3. The molecule has 23 heavy (non-hydrogen) atoms. The van der Waals surface area contributed by atoms with E-state index in [2.05, 4.69) is 26.6 Å². The molecular weight excluding hydrogens is 364 g/mol. The number of benzene rings is 2. The average molecular weight is 379 g/mol. The van der Waals surface area contributed by atoms with Crippen LogP contribution < -0.4 is 15.4 Å². The van der Waals surface area contributed by atoms with Gasteiger partial charge in [-0.3, -0.25) is 9.59 Å². The summed E-state index contributed by atoms with van der Waals surface area (Å²) in [6.45, 7) is 0. The van der Waals surface area contributed by atoms with Crippen molar-refractivity contribution in [2.45, 2.75) is 0 Å². The number of nitrogens with one attached hydrogen (secondary N) is 2. The van der Waals surface area contributed by atoms with Gasteiger partial charge in [-0.25, -0.2) is 0 Å². The number of rotatable bonds is 4. The number of methoxy groups -OCH3 is 1. The third kappa shape index (κ3) is 3.81. The molecule has 0 saturated heterocycles. The summed E-state index contributed by atoms with van der Waals surface area (Å²) >= 11 is 3.17. The fourth-order valence-electron chi connectivity index (χ4n) is 1.95. The van der Waals surface area contributed by atoms with Gasteiger partial charge >= 0.3 is 0 Å². The Morgan fingerprint density at radius 3 is 2.52 bits per heavy atom. The van der Waals surface area contributed by atoms with E-state index in [9.17, 15) is 14.7 Å². The molecule has 0 radical (unpaired) electrons. The Bertz CT molecular complexity index is 762. The van der Waals surface area contributed by atoms with Crippen molar-refractivity contribution in [2.75, 3.05) is 19.5 Å². The minimum absolute atomic E-state index is 0.0781. The molecule has 2 amide bonds. The highest BCUT2D eigenvalue weighted by molar-refractivity contribution is 9.10. The van der Waals surface area contributed by atoms with Gasteiger partial charge < -0.3 is 20.5 Å². The van der Waals surface area contributed by atoms with Crippen molar-refractivity contribution in [2.24, 2.45) is 0 Å². The van der Waals surface area contributed by atoms with Crippen molar-refractivity contribution in [3.63, 3.8) is 0 Å². The van der Waals surface area contributed by atoms with E-state index in [0.717, 1.165) is 0 Å². The molecule has 0 bridgehead atoms. The summed E-state index contributed by atoms with van der Waals surface area (Å²) in [7, 11) is 2.93. The van der Waals surface area contributed by atoms with Gasteiger partial charge in [0.15, 0.2) is 11.5 Å². The zero-order valence-electron chi connectivity index (χ0n) is 12.5. The second kappa shape index (κ2) is 7.15. The van der Waals surface area contributed by atoms with Gasteiger partial charge in [0.25, 0.3) is 11.8 Å². The van der Waals surface area contributed by atoms with Gasteiger partial charge in [-0.15, -0.1) is 0 Å². The number of anilines is 1. The number of hydrogen-bond acceptors (Lipinski definition) is 4. The third-order valence-electron chi connectivity index (χ3n) is 3.12. The molecule has 0 spiro atoms. The summed E-state index contributed by atoms with van der Waals surface area (Å²) in [4.78, 5) is 23.9. The van der Waals surface area contributed by atoms with Crippen LogP contribution in [0.15, 0.2) is 40.9 Å². The Kier molecular flexibility index (Phi) is 5.23. The molecule has 0 aliphatic heterocycles. The summed E-state index contributed by atoms with van der Waals surface area (Å²) in [5.41, 5.74) is 1.23. The second-order valence-corrected chi connectivity index (χ2v) is 5.48. The number of amides is 2. The molecule has 0 atom stereocenters. The topological polar surface area (TPSA) is 87.7 Å². The van der Waals surface area contributed by atoms with Gasteiger partial charge in [0.1, 0.15) is 0 Å². The molecule has 0 heterocycles. The van der Waals surface area contributed by atoms with Crippen LogP contribution in [0, 0.1) is 0 Å². The Hall–Kier alpha value is -2.54. The molecule has 2 aromatic carbocycles. The fraction of sp³-hybridized carbons (Fsp3) is 0.125. The lowest BCUT2D eigenvalue weighted by Gasteiger charge is -2.10. The molecule has 2 aromatic rings. The van der Waals surface area contributed by atoms with Gasteiger partial charge in [-0.05, 0) is 46.3 Å². The predicted molar refractivity (Wildman–Crippen MR) is 90.1 cm³/mol. The summed E-state index contributed by atoms with van der Waals surface area (Å²) in [5.74, 6) is -0.525. The Morgan fingerprint density at radius 2 is 1.87 bits per heavy atom. The smallest absolute Gasteiger partial charge is 0.255 e. The van der Waals surface area contributed by atoms with Crippen LogP contribution >= 0.6 is 15.9 Å². The zero-order chi connectivity index (χ0) is 17.0. The Labute approximate surface area is 141 Å². The quantitative estimate of drug-likeness (QED) is 0.763. The first-order valence-electron chi connectivity index (χ1n) is 6.66. The molecule has 6 nitrogen and oxygen atoms in total. The van der Waals surface area contributed by atoms with Crippen LogP contribution in [0.25, 0.3) is 0 Å². The van der Waals surface area contributed by atoms with E-state index < -0.39 is 5.91 Å². The van der Waals surface area contributed by atoms with Crippen LogP contribution in [-0.2, 0) is 0 Å². The van der Waals surface area contributed by atoms with Crippen LogP contribution in [-0.4, -0.2) is 31.1 Å². The highest BCUT2D eigenvalue weighted by Crippen LogP contribution is 2.35. The first-order valence-corrected chi connectivity index (χ1v) is 7.45. The van der Waals surface area contributed by atoms with Crippen molar-refractivity contribution >= 4 is 33.4 Å². The van der Waals surface area contributed by atoms with E-state index in [1.807, 2.05) is 0 Å². The maximum atomic E-state index is 12.3. The number of ether oxygens (including phenoxy) is 1. The van der Waals surface area contributed by atoms with Gasteiger partial charge in [0.2, 0.25) is 0 Å². The Morgan fingerprint density at radius 1 is 1.13 bits per heavy atom. The normalized spacial score (nSPS) is 10.0. The van der Waals surface area contributed by atoms with Crippen molar-refractivity contribution in [3.05, 3.63) is 52.0 Å². The van der Waals surface area contributed by atoms with E-state index in [1.54, 1.807) is 24.3 Å². The van der Waals surface area contributed by atoms with Crippen molar-refractivity contribution in [1.29, 1.82) is 0 Å². The van der Waals surface area contributed by atoms with Crippen LogP contribution in [0.3, 0.4) is 0 Å². The lowest BCUT2D eigenvalue weighted by Crippen LogP contribution is -2.18. The van der Waals surface area contributed by atoms with Gasteiger partial charge in [0, 0.05) is 23.9 Å². The summed E-state index contributed by atoms with van der Waals surface area (Å²) in [6, 6.07) is 9.48. The van der Waals surface area contributed by atoms with E-state index in [1.165, 1.54) is 26.3 Å². The summed E-state index contributed by atoms with van der Waals surface area (Å²) in [5, 5.41) is 15.0. The number of halogens is 1. The minimum Gasteiger partial charge on any atom is -0.503 e. The molecule has 0 aliphatic rings. The lowest BCUT2D eigenvalue weighted by molar-refractivity contribution is 0.0961. The number of phenols is 1. The highest BCUT2D eigenvalue weighted by atomic mass is 79.9.